The highest BCUT2D eigenvalue weighted by atomic mass is 16.2. The first-order valence-electron chi connectivity index (χ1n) is 10.00. The highest BCUT2D eigenvalue weighted by Gasteiger charge is 2.23. The Balaban J connectivity index is 1.39. The van der Waals surface area contributed by atoms with Gasteiger partial charge in [-0.05, 0) is 48.4 Å². The Morgan fingerprint density at radius 1 is 0.931 bits per heavy atom. The second kappa shape index (κ2) is 8.73. The van der Waals surface area contributed by atoms with E-state index in [4.69, 9.17) is 0 Å². The lowest BCUT2D eigenvalue weighted by Gasteiger charge is -2.35. The number of aromatic nitrogens is 2. The van der Waals surface area contributed by atoms with E-state index in [0.717, 1.165) is 36.7 Å². The van der Waals surface area contributed by atoms with Gasteiger partial charge in [0.05, 0.1) is 0 Å². The number of rotatable bonds is 5. The number of carbonyl (C=O) groups is 1. The molecular weight excluding hydrogens is 362 g/mol. The van der Waals surface area contributed by atoms with Gasteiger partial charge >= 0.3 is 0 Å². The second-order valence-electron chi connectivity index (χ2n) is 7.07. The van der Waals surface area contributed by atoms with Gasteiger partial charge < -0.3 is 15.1 Å². The third-order valence-corrected chi connectivity index (χ3v) is 5.17. The third kappa shape index (κ3) is 4.54. The van der Waals surface area contributed by atoms with E-state index < -0.39 is 0 Å². The minimum absolute atomic E-state index is 0.0318. The van der Waals surface area contributed by atoms with Crippen LogP contribution < -0.4 is 10.2 Å². The SMILES string of the molecule is CCc1ccc(Nc2ccnc(C(=O)N3CCN(c4ccccn4)CC3)c2)cc1. The molecule has 0 bridgehead atoms. The molecule has 0 saturated carbocycles. The zero-order valence-corrected chi connectivity index (χ0v) is 16.6. The van der Waals surface area contributed by atoms with Crippen molar-refractivity contribution in [3.05, 3.63) is 78.2 Å². The predicted molar refractivity (Wildman–Crippen MR) is 116 cm³/mol. The van der Waals surface area contributed by atoms with Crippen LogP contribution in [0.5, 0.6) is 0 Å². The molecule has 1 amide bonds. The molecule has 2 aromatic heterocycles. The van der Waals surface area contributed by atoms with Crippen molar-refractivity contribution >= 4 is 23.1 Å². The van der Waals surface area contributed by atoms with Gasteiger partial charge in [0.1, 0.15) is 11.5 Å². The average molecular weight is 387 g/mol. The summed E-state index contributed by atoms with van der Waals surface area (Å²) < 4.78 is 0. The molecule has 1 fully saturated rings. The van der Waals surface area contributed by atoms with Crippen LogP contribution in [-0.2, 0) is 6.42 Å². The zero-order valence-electron chi connectivity index (χ0n) is 16.6. The maximum absolute atomic E-state index is 12.9. The molecule has 0 unspecified atom stereocenters. The first-order chi connectivity index (χ1) is 14.2. The minimum Gasteiger partial charge on any atom is -0.355 e. The summed E-state index contributed by atoms with van der Waals surface area (Å²) in [5, 5.41) is 3.35. The summed E-state index contributed by atoms with van der Waals surface area (Å²) >= 11 is 0. The lowest BCUT2D eigenvalue weighted by Crippen LogP contribution is -2.49. The number of pyridine rings is 2. The van der Waals surface area contributed by atoms with E-state index in [1.165, 1.54) is 5.56 Å². The van der Waals surface area contributed by atoms with E-state index in [1.807, 2.05) is 35.2 Å². The molecule has 0 atom stereocenters. The van der Waals surface area contributed by atoms with E-state index in [-0.39, 0.29) is 5.91 Å². The largest absolute Gasteiger partial charge is 0.355 e. The van der Waals surface area contributed by atoms with Crippen LogP contribution in [0.15, 0.2) is 67.0 Å². The lowest BCUT2D eigenvalue weighted by atomic mass is 10.1. The molecule has 6 nitrogen and oxygen atoms in total. The van der Waals surface area contributed by atoms with Crippen molar-refractivity contribution in [2.75, 3.05) is 36.4 Å². The standard InChI is InChI=1S/C23H25N5O/c1-2-18-6-8-19(9-7-18)26-20-10-12-24-21(17-20)23(29)28-15-13-27(14-16-28)22-5-3-4-11-25-22/h3-12,17H,2,13-16H2,1H3,(H,24,26). The van der Waals surface area contributed by atoms with Crippen molar-refractivity contribution < 1.29 is 4.79 Å². The summed E-state index contributed by atoms with van der Waals surface area (Å²) in [4.78, 5) is 25.7. The van der Waals surface area contributed by atoms with Gasteiger partial charge in [0.15, 0.2) is 0 Å². The summed E-state index contributed by atoms with van der Waals surface area (Å²) in [5.74, 6) is 0.925. The van der Waals surface area contributed by atoms with Gasteiger partial charge in [-0.2, -0.15) is 0 Å². The number of anilines is 3. The second-order valence-corrected chi connectivity index (χ2v) is 7.07. The van der Waals surface area contributed by atoms with Crippen LogP contribution in [0.25, 0.3) is 0 Å². The summed E-state index contributed by atoms with van der Waals surface area (Å²) in [5.41, 5.74) is 3.62. The van der Waals surface area contributed by atoms with Gasteiger partial charge in [0.25, 0.3) is 5.91 Å². The molecule has 3 aromatic rings. The lowest BCUT2D eigenvalue weighted by molar-refractivity contribution is 0.0740. The van der Waals surface area contributed by atoms with E-state index in [2.05, 4.69) is 51.4 Å². The molecule has 3 heterocycles. The van der Waals surface area contributed by atoms with E-state index in [9.17, 15) is 4.79 Å². The van der Waals surface area contributed by atoms with Gasteiger partial charge in [0.2, 0.25) is 0 Å². The molecule has 0 radical (unpaired) electrons. The predicted octanol–water partition coefficient (Wildman–Crippen LogP) is 3.75. The highest BCUT2D eigenvalue weighted by Crippen LogP contribution is 2.19. The van der Waals surface area contributed by atoms with Crippen molar-refractivity contribution in [2.45, 2.75) is 13.3 Å². The summed E-state index contributed by atoms with van der Waals surface area (Å²) in [6, 6.07) is 17.9. The molecule has 1 saturated heterocycles. The maximum Gasteiger partial charge on any atom is 0.272 e. The van der Waals surface area contributed by atoms with Crippen LogP contribution in [-0.4, -0.2) is 47.0 Å². The number of aryl methyl sites for hydroxylation is 1. The van der Waals surface area contributed by atoms with E-state index >= 15 is 0 Å². The first kappa shape index (κ1) is 18.9. The molecule has 4 rings (SSSR count). The molecule has 1 aromatic carbocycles. The molecule has 0 spiro atoms. The van der Waals surface area contributed by atoms with Gasteiger partial charge in [-0.15, -0.1) is 0 Å². The number of hydrogen-bond acceptors (Lipinski definition) is 5. The zero-order chi connectivity index (χ0) is 20.1. The van der Waals surface area contributed by atoms with E-state index in [0.29, 0.717) is 18.8 Å². The summed E-state index contributed by atoms with van der Waals surface area (Å²) in [7, 11) is 0. The number of benzene rings is 1. The number of carbonyl (C=O) groups excluding carboxylic acids is 1. The van der Waals surface area contributed by atoms with Crippen molar-refractivity contribution in [1.82, 2.24) is 14.9 Å². The summed E-state index contributed by atoms with van der Waals surface area (Å²) in [6.07, 6.45) is 4.49. The number of hydrogen-bond donors (Lipinski definition) is 1. The first-order valence-corrected chi connectivity index (χ1v) is 10.00. The Labute approximate surface area is 171 Å². The molecule has 29 heavy (non-hydrogen) atoms. The van der Waals surface area contributed by atoms with Crippen LogP contribution >= 0.6 is 0 Å². The van der Waals surface area contributed by atoms with Gasteiger partial charge in [-0.3, -0.25) is 9.78 Å². The number of nitrogens with zero attached hydrogens (tertiary/aromatic N) is 4. The third-order valence-electron chi connectivity index (χ3n) is 5.17. The van der Waals surface area contributed by atoms with Crippen LogP contribution in [0, 0.1) is 0 Å². The fourth-order valence-electron chi connectivity index (χ4n) is 3.46. The molecule has 6 heteroatoms. The summed E-state index contributed by atoms with van der Waals surface area (Å²) in [6.45, 7) is 4.99. The van der Waals surface area contributed by atoms with Gasteiger partial charge in [-0.25, -0.2) is 4.98 Å². The Morgan fingerprint density at radius 3 is 2.41 bits per heavy atom. The van der Waals surface area contributed by atoms with Gasteiger partial charge in [0, 0.05) is 49.9 Å². The fourth-order valence-corrected chi connectivity index (χ4v) is 3.46. The van der Waals surface area contributed by atoms with Crippen LogP contribution in [0.3, 0.4) is 0 Å². The Bertz CT molecular complexity index is 951. The number of piperazine rings is 1. The fraction of sp³-hybridized carbons (Fsp3) is 0.261. The Hall–Kier alpha value is -3.41. The smallest absolute Gasteiger partial charge is 0.272 e. The maximum atomic E-state index is 12.9. The number of nitrogens with one attached hydrogen (secondary N) is 1. The molecule has 148 valence electrons. The molecule has 1 aliphatic heterocycles. The van der Waals surface area contributed by atoms with Crippen LogP contribution in [0.1, 0.15) is 23.0 Å². The number of amides is 1. The van der Waals surface area contributed by atoms with Crippen LogP contribution in [0.4, 0.5) is 17.2 Å². The average Bonchev–Trinajstić information content (AvgIpc) is 2.80. The monoisotopic (exact) mass is 387 g/mol. The molecule has 1 N–H and O–H groups in total. The van der Waals surface area contributed by atoms with Crippen molar-refractivity contribution in [3.8, 4) is 0 Å². The Kier molecular flexibility index (Phi) is 5.70. The van der Waals surface area contributed by atoms with Crippen molar-refractivity contribution in [1.29, 1.82) is 0 Å². The highest BCUT2D eigenvalue weighted by molar-refractivity contribution is 5.93. The van der Waals surface area contributed by atoms with Crippen molar-refractivity contribution in [3.63, 3.8) is 0 Å². The Morgan fingerprint density at radius 2 is 1.72 bits per heavy atom. The van der Waals surface area contributed by atoms with Crippen LogP contribution in [0.2, 0.25) is 0 Å². The quantitative estimate of drug-likeness (QED) is 0.723. The van der Waals surface area contributed by atoms with Gasteiger partial charge in [-0.1, -0.05) is 25.1 Å². The minimum atomic E-state index is -0.0318. The molecular formula is C23H25N5O. The van der Waals surface area contributed by atoms with E-state index in [1.54, 1.807) is 12.4 Å². The normalized spacial score (nSPS) is 14.0. The van der Waals surface area contributed by atoms with Crippen molar-refractivity contribution in [2.24, 2.45) is 0 Å². The molecule has 1 aliphatic rings. The molecule has 0 aliphatic carbocycles. The topological polar surface area (TPSA) is 61.4 Å².